The molecule has 2 fully saturated rings. The summed E-state index contributed by atoms with van der Waals surface area (Å²) in [6.07, 6.45) is 0. The van der Waals surface area contributed by atoms with Crippen LogP contribution in [0.5, 0.6) is 5.75 Å². The van der Waals surface area contributed by atoms with E-state index in [2.05, 4.69) is 21.6 Å². The number of carbonyl (C=O) groups is 1. The Morgan fingerprint density at radius 3 is 2.59 bits per heavy atom. The minimum Gasteiger partial charge on any atom is -0.435 e. The number of ether oxygens (including phenoxy) is 1. The van der Waals surface area contributed by atoms with Crippen molar-refractivity contribution >= 4 is 5.91 Å². The zero-order valence-electron chi connectivity index (χ0n) is 15.6. The van der Waals surface area contributed by atoms with Gasteiger partial charge in [0.2, 0.25) is 0 Å². The Morgan fingerprint density at radius 2 is 1.93 bits per heavy atom. The van der Waals surface area contributed by atoms with Crippen molar-refractivity contribution in [3.63, 3.8) is 0 Å². The number of piperazine rings is 1. The largest absolute Gasteiger partial charge is 0.435 e. The van der Waals surface area contributed by atoms with Crippen LogP contribution in [0, 0.1) is 11.8 Å². The number of rotatable bonds is 6. The number of hydrogen-bond donors (Lipinski definition) is 1. The molecule has 0 aliphatic carbocycles. The molecule has 3 rings (SSSR count). The van der Waals surface area contributed by atoms with Gasteiger partial charge in [-0.05, 0) is 31.2 Å². The first-order valence-corrected chi connectivity index (χ1v) is 9.32. The van der Waals surface area contributed by atoms with Crippen LogP contribution >= 0.6 is 0 Å². The predicted octanol–water partition coefficient (Wildman–Crippen LogP) is 1.22. The average Bonchev–Trinajstić information content (AvgIpc) is 3.05. The Balaban J connectivity index is 1.62. The summed E-state index contributed by atoms with van der Waals surface area (Å²) in [5.74, 6) is 0.00809. The fraction of sp³-hybridized carbons (Fsp3) is 0.632. The van der Waals surface area contributed by atoms with Crippen molar-refractivity contribution in [2.24, 2.45) is 11.8 Å². The first-order valence-electron chi connectivity index (χ1n) is 9.32. The molecule has 1 aromatic rings. The molecule has 2 aliphatic heterocycles. The molecule has 0 bridgehead atoms. The van der Waals surface area contributed by atoms with E-state index in [1.807, 2.05) is 0 Å². The SMILES string of the molecule is CN1CCN(C[C@@H]2CN(C(=O)c3cccc(OC(F)F)c3)C[C@@H]2CO)CC1. The first kappa shape index (κ1) is 20.0. The lowest BCUT2D eigenvalue weighted by atomic mass is 9.96. The molecule has 6 nitrogen and oxygen atoms in total. The Hall–Kier alpha value is -1.77. The van der Waals surface area contributed by atoms with E-state index in [1.165, 1.54) is 18.2 Å². The number of likely N-dealkylation sites (tertiary alicyclic amines) is 1. The highest BCUT2D eigenvalue weighted by molar-refractivity contribution is 5.94. The van der Waals surface area contributed by atoms with Crippen molar-refractivity contribution < 1.29 is 23.4 Å². The Labute approximate surface area is 158 Å². The summed E-state index contributed by atoms with van der Waals surface area (Å²) < 4.78 is 29.2. The highest BCUT2D eigenvalue weighted by Crippen LogP contribution is 2.27. The lowest BCUT2D eigenvalue weighted by Gasteiger charge is -2.34. The molecule has 27 heavy (non-hydrogen) atoms. The molecular weight excluding hydrogens is 356 g/mol. The number of alkyl halides is 2. The van der Waals surface area contributed by atoms with Crippen LogP contribution in [-0.4, -0.2) is 91.8 Å². The van der Waals surface area contributed by atoms with Crippen LogP contribution in [0.3, 0.4) is 0 Å². The number of aliphatic hydroxyl groups excluding tert-OH is 1. The Kier molecular flexibility index (Phi) is 6.62. The summed E-state index contributed by atoms with van der Waals surface area (Å²) >= 11 is 0. The quantitative estimate of drug-likeness (QED) is 0.801. The third-order valence-electron chi connectivity index (χ3n) is 5.49. The van der Waals surface area contributed by atoms with Gasteiger partial charge in [0, 0.05) is 63.9 Å². The van der Waals surface area contributed by atoms with Crippen molar-refractivity contribution in [3.8, 4) is 5.75 Å². The molecule has 2 aliphatic rings. The molecule has 2 heterocycles. The van der Waals surface area contributed by atoms with Crippen LogP contribution in [-0.2, 0) is 0 Å². The van der Waals surface area contributed by atoms with Crippen LogP contribution in [0.1, 0.15) is 10.4 Å². The number of benzene rings is 1. The van der Waals surface area contributed by atoms with Gasteiger partial charge in [0.1, 0.15) is 5.75 Å². The molecule has 0 spiro atoms. The standard InChI is InChI=1S/C19H27F2N3O3/c1-22-5-7-23(8-6-22)10-15-11-24(12-16(15)13-25)18(26)14-3-2-4-17(9-14)27-19(20)21/h2-4,9,15-16,19,25H,5-8,10-13H2,1H3/t15-,16-/m1/s1. The molecular formula is C19H27F2N3O3. The smallest absolute Gasteiger partial charge is 0.387 e. The molecule has 2 atom stereocenters. The Morgan fingerprint density at radius 1 is 1.22 bits per heavy atom. The number of nitrogens with zero attached hydrogens (tertiary/aromatic N) is 3. The van der Waals surface area contributed by atoms with Crippen molar-refractivity contribution in [1.82, 2.24) is 14.7 Å². The van der Waals surface area contributed by atoms with Gasteiger partial charge < -0.3 is 24.5 Å². The van der Waals surface area contributed by atoms with E-state index in [9.17, 15) is 18.7 Å². The van der Waals surface area contributed by atoms with Gasteiger partial charge in [-0.15, -0.1) is 0 Å². The van der Waals surface area contributed by atoms with Gasteiger partial charge in [-0.1, -0.05) is 6.07 Å². The van der Waals surface area contributed by atoms with E-state index in [1.54, 1.807) is 11.0 Å². The summed E-state index contributed by atoms with van der Waals surface area (Å²) in [6, 6.07) is 5.88. The van der Waals surface area contributed by atoms with Crippen LogP contribution < -0.4 is 4.74 Å². The minimum atomic E-state index is -2.92. The fourth-order valence-electron chi connectivity index (χ4n) is 3.87. The van der Waals surface area contributed by atoms with Crippen molar-refractivity contribution in [2.75, 3.05) is 59.5 Å². The van der Waals surface area contributed by atoms with E-state index < -0.39 is 6.61 Å². The van der Waals surface area contributed by atoms with Crippen LogP contribution in [0.4, 0.5) is 8.78 Å². The summed E-state index contributed by atoms with van der Waals surface area (Å²) in [6.45, 7) is 3.05. The van der Waals surface area contributed by atoms with Gasteiger partial charge in [0.25, 0.3) is 5.91 Å². The van der Waals surface area contributed by atoms with Gasteiger partial charge >= 0.3 is 6.61 Å². The zero-order valence-corrected chi connectivity index (χ0v) is 15.6. The van der Waals surface area contributed by atoms with Crippen molar-refractivity contribution in [2.45, 2.75) is 6.61 Å². The highest BCUT2D eigenvalue weighted by atomic mass is 19.3. The second-order valence-corrected chi connectivity index (χ2v) is 7.42. The second-order valence-electron chi connectivity index (χ2n) is 7.42. The fourth-order valence-corrected chi connectivity index (χ4v) is 3.87. The van der Waals surface area contributed by atoms with Crippen molar-refractivity contribution in [3.05, 3.63) is 29.8 Å². The molecule has 150 valence electrons. The van der Waals surface area contributed by atoms with Crippen LogP contribution in [0.2, 0.25) is 0 Å². The number of aliphatic hydroxyl groups is 1. The van der Waals surface area contributed by atoms with E-state index in [-0.39, 0.29) is 30.1 Å². The number of carbonyl (C=O) groups excluding carboxylic acids is 1. The second kappa shape index (κ2) is 8.95. The lowest BCUT2D eigenvalue weighted by molar-refractivity contribution is -0.0499. The van der Waals surface area contributed by atoms with Gasteiger partial charge in [0.15, 0.2) is 0 Å². The topological polar surface area (TPSA) is 56.2 Å². The van der Waals surface area contributed by atoms with Crippen molar-refractivity contribution in [1.29, 1.82) is 0 Å². The van der Waals surface area contributed by atoms with Crippen LogP contribution in [0.25, 0.3) is 0 Å². The third-order valence-corrected chi connectivity index (χ3v) is 5.49. The maximum absolute atomic E-state index is 12.8. The maximum atomic E-state index is 12.8. The minimum absolute atomic E-state index is 0.0252. The van der Waals surface area contributed by atoms with Gasteiger partial charge in [-0.2, -0.15) is 8.78 Å². The Bertz CT molecular complexity index is 638. The predicted molar refractivity (Wildman–Crippen MR) is 97.0 cm³/mol. The monoisotopic (exact) mass is 383 g/mol. The molecule has 8 heteroatoms. The molecule has 1 N–H and O–H groups in total. The zero-order chi connectivity index (χ0) is 19.4. The third kappa shape index (κ3) is 5.15. The summed E-state index contributed by atoms with van der Waals surface area (Å²) in [5.41, 5.74) is 0.324. The molecule has 0 aromatic heterocycles. The molecule has 0 radical (unpaired) electrons. The van der Waals surface area contributed by atoms with E-state index in [0.717, 1.165) is 32.7 Å². The van der Waals surface area contributed by atoms with E-state index in [4.69, 9.17) is 0 Å². The molecule has 0 saturated carbocycles. The molecule has 1 aromatic carbocycles. The normalized spacial score (nSPS) is 24.6. The maximum Gasteiger partial charge on any atom is 0.387 e. The summed E-state index contributed by atoms with van der Waals surface area (Å²) in [7, 11) is 2.11. The average molecular weight is 383 g/mol. The van der Waals surface area contributed by atoms with Crippen LogP contribution in [0.15, 0.2) is 24.3 Å². The first-order chi connectivity index (χ1) is 13.0. The van der Waals surface area contributed by atoms with E-state index in [0.29, 0.717) is 18.7 Å². The number of likely N-dealkylation sites (N-methyl/N-ethyl adjacent to an activating group) is 1. The summed E-state index contributed by atoms with van der Waals surface area (Å²) in [5, 5.41) is 9.75. The number of amides is 1. The highest BCUT2D eigenvalue weighted by Gasteiger charge is 2.36. The number of halogens is 2. The summed E-state index contributed by atoms with van der Waals surface area (Å²) in [4.78, 5) is 19.2. The molecule has 2 saturated heterocycles. The number of hydrogen-bond acceptors (Lipinski definition) is 5. The molecule has 0 unspecified atom stereocenters. The van der Waals surface area contributed by atoms with Gasteiger partial charge in [-0.3, -0.25) is 4.79 Å². The molecule has 1 amide bonds. The van der Waals surface area contributed by atoms with E-state index >= 15 is 0 Å². The van der Waals surface area contributed by atoms with Gasteiger partial charge in [-0.25, -0.2) is 0 Å². The lowest BCUT2D eigenvalue weighted by Crippen LogP contribution is -2.47. The van der Waals surface area contributed by atoms with Gasteiger partial charge in [0.05, 0.1) is 0 Å².